The number of aryl methyl sites for hydroxylation is 2. The van der Waals surface area contributed by atoms with Crippen LogP contribution in [0.4, 0.5) is 0 Å². The molecule has 2 aliphatic rings. The number of ether oxygens (including phenoxy) is 1. The first kappa shape index (κ1) is 17.1. The van der Waals surface area contributed by atoms with Gasteiger partial charge in [0.15, 0.2) is 0 Å². The molecule has 0 saturated carbocycles. The first-order chi connectivity index (χ1) is 12.6. The monoisotopic (exact) mass is 355 g/mol. The average Bonchev–Trinajstić information content (AvgIpc) is 3.23. The largest absolute Gasteiger partial charge is 0.493 e. The van der Waals surface area contributed by atoms with Crippen LogP contribution < -0.4 is 4.74 Å². The molecule has 6 heteroatoms. The molecule has 0 unspecified atom stereocenters. The number of rotatable bonds is 4. The molecule has 0 spiro atoms. The van der Waals surface area contributed by atoms with Crippen LogP contribution >= 0.6 is 0 Å². The van der Waals surface area contributed by atoms with E-state index in [0.29, 0.717) is 6.42 Å². The van der Waals surface area contributed by atoms with Gasteiger partial charge in [-0.15, -0.1) is 0 Å². The van der Waals surface area contributed by atoms with Crippen LogP contribution in [0.25, 0.3) is 0 Å². The zero-order valence-electron chi connectivity index (χ0n) is 15.5. The zero-order chi connectivity index (χ0) is 18.1. The number of aromatic nitrogens is 1. The van der Waals surface area contributed by atoms with Gasteiger partial charge in [-0.25, -0.2) is 0 Å². The molecule has 0 radical (unpaired) electrons. The molecule has 1 fully saturated rings. The first-order valence-electron chi connectivity index (χ1n) is 9.26. The summed E-state index contributed by atoms with van der Waals surface area (Å²) in [7, 11) is 0. The topological polar surface area (TPSA) is 58.8 Å². The maximum atomic E-state index is 12.6. The molecular formula is C20H25N3O3. The van der Waals surface area contributed by atoms with Crippen molar-refractivity contribution in [3.05, 3.63) is 46.3 Å². The van der Waals surface area contributed by atoms with E-state index in [0.717, 1.165) is 68.5 Å². The van der Waals surface area contributed by atoms with Crippen molar-refractivity contribution >= 4 is 5.91 Å². The standard InChI is InChI=1S/C20H25N3O3/c1-14-18(15(2)26-21-14)12-20(24)23-8-6-22(7-9-23)13-16-3-4-19-17(11-16)5-10-25-19/h3-4,11H,5-10,12-13H2,1-2H3. The molecule has 3 heterocycles. The lowest BCUT2D eigenvalue weighted by Crippen LogP contribution is -2.48. The fraction of sp³-hybridized carbons (Fsp3) is 0.500. The lowest BCUT2D eigenvalue weighted by atomic mass is 10.1. The van der Waals surface area contributed by atoms with E-state index >= 15 is 0 Å². The number of carbonyl (C=O) groups is 1. The molecule has 2 aromatic rings. The number of benzene rings is 1. The van der Waals surface area contributed by atoms with E-state index in [1.54, 1.807) is 0 Å². The number of amides is 1. The summed E-state index contributed by atoms with van der Waals surface area (Å²) in [6.45, 7) is 8.83. The summed E-state index contributed by atoms with van der Waals surface area (Å²) >= 11 is 0. The third kappa shape index (κ3) is 3.46. The molecular weight excluding hydrogens is 330 g/mol. The highest BCUT2D eigenvalue weighted by Gasteiger charge is 2.23. The lowest BCUT2D eigenvalue weighted by molar-refractivity contribution is -0.132. The highest BCUT2D eigenvalue weighted by molar-refractivity contribution is 5.79. The van der Waals surface area contributed by atoms with E-state index in [1.807, 2.05) is 18.7 Å². The van der Waals surface area contributed by atoms with Gasteiger partial charge in [-0.1, -0.05) is 17.3 Å². The van der Waals surface area contributed by atoms with Crippen LogP contribution in [0.15, 0.2) is 22.7 Å². The fourth-order valence-corrected chi connectivity index (χ4v) is 3.77. The van der Waals surface area contributed by atoms with Crippen LogP contribution in [0.2, 0.25) is 0 Å². The molecule has 0 aliphatic carbocycles. The summed E-state index contributed by atoms with van der Waals surface area (Å²) in [5.41, 5.74) is 4.38. The Morgan fingerprint density at radius 3 is 2.73 bits per heavy atom. The van der Waals surface area contributed by atoms with E-state index in [2.05, 4.69) is 28.3 Å². The Morgan fingerprint density at radius 1 is 1.19 bits per heavy atom. The lowest BCUT2D eigenvalue weighted by Gasteiger charge is -2.35. The van der Waals surface area contributed by atoms with Crippen LogP contribution in [0.5, 0.6) is 5.75 Å². The second-order valence-electron chi connectivity index (χ2n) is 7.18. The molecule has 4 rings (SSSR count). The van der Waals surface area contributed by atoms with Gasteiger partial charge in [-0.2, -0.15) is 0 Å². The Kier molecular flexibility index (Phi) is 4.68. The van der Waals surface area contributed by atoms with Crippen molar-refractivity contribution in [1.82, 2.24) is 15.0 Å². The van der Waals surface area contributed by atoms with Gasteiger partial charge in [0.1, 0.15) is 11.5 Å². The van der Waals surface area contributed by atoms with Crippen molar-refractivity contribution in [1.29, 1.82) is 0 Å². The van der Waals surface area contributed by atoms with Gasteiger partial charge in [0.25, 0.3) is 0 Å². The Labute approximate surface area is 153 Å². The van der Waals surface area contributed by atoms with Gasteiger partial charge in [-0.3, -0.25) is 9.69 Å². The second-order valence-corrected chi connectivity index (χ2v) is 7.18. The van der Waals surface area contributed by atoms with E-state index in [9.17, 15) is 4.79 Å². The highest BCUT2D eigenvalue weighted by Crippen LogP contribution is 2.26. The minimum absolute atomic E-state index is 0.161. The van der Waals surface area contributed by atoms with E-state index in [1.165, 1.54) is 11.1 Å². The Morgan fingerprint density at radius 2 is 2.00 bits per heavy atom. The molecule has 0 atom stereocenters. The number of hydrogen-bond donors (Lipinski definition) is 0. The number of hydrogen-bond acceptors (Lipinski definition) is 5. The summed E-state index contributed by atoms with van der Waals surface area (Å²) in [4.78, 5) is 17.0. The average molecular weight is 355 g/mol. The van der Waals surface area contributed by atoms with E-state index in [-0.39, 0.29) is 5.91 Å². The van der Waals surface area contributed by atoms with Crippen molar-refractivity contribution in [2.24, 2.45) is 0 Å². The summed E-state index contributed by atoms with van der Waals surface area (Å²) in [5, 5.41) is 3.94. The van der Waals surface area contributed by atoms with Crippen molar-refractivity contribution in [3.8, 4) is 5.75 Å². The summed E-state index contributed by atoms with van der Waals surface area (Å²) in [6.07, 6.45) is 1.39. The van der Waals surface area contributed by atoms with Gasteiger partial charge in [0.05, 0.1) is 18.7 Å². The SMILES string of the molecule is Cc1noc(C)c1CC(=O)N1CCN(Cc2ccc3c(c2)CCO3)CC1. The maximum absolute atomic E-state index is 12.6. The molecule has 0 N–H and O–H groups in total. The summed E-state index contributed by atoms with van der Waals surface area (Å²) < 4.78 is 10.7. The number of carbonyl (C=O) groups excluding carboxylic acids is 1. The van der Waals surface area contributed by atoms with Gasteiger partial charge in [-0.05, 0) is 31.0 Å². The second kappa shape index (κ2) is 7.11. The molecule has 138 valence electrons. The maximum Gasteiger partial charge on any atom is 0.227 e. The highest BCUT2D eigenvalue weighted by atomic mass is 16.5. The Balaban J connectivity index is 1.30. The minimum Gasteiger partial charge on any atom is -0.493 e. The molecule has 6 nitrogen and oxygen atoms in total. The third-order valence-corrected chi connectivity index (χ3v) is 5.39. The molecule has 1 aromatic heterocycles. The minimum atomic E-state index is 0.161. The van der Waals surface area contributed by atoms with E-state index in [4.69, 9.17) is 9.26 Å². The quantitative estimate of drug-likeness (QED) is 0.841. The molecule has 1 aromatic carbocycles. The van der Waals surface area contributed by atoms with Crippen molar-refractivity contribution in [3.63, 3.8) is 0 Å². The summed E-state index contributed by atoms with van der Waals surface area (Å²) in [5.74, 6) is 1.94. The van der Waals surface area contributed by atoms with Gasteiger partial charge < -0.3 is 14.2 Å². The summed E-state index contributed by atoms with van der Waals surface area (Å²) in [6, 6.07) is 6.50. The number of nitrogens with zero attached hydrogens (tertiary/aromatic N) is 3. The molecule has 2 aliphatic heterocycles. The number of piperazine rings is 1. The van der Waals surface area contributed by atoms with Crippen molar-refractivity contribution in [2.45, 2.75) is 33.2 Å². The molecule has 0 bridgehead atoms. The normalized spacial score (nSPS) is 17.2. The van der Waals surface area contributed by atoms with Gasteiger partial charge in [0.2, 0.25) is 5.91 Å². The van der Waals surface area contributed by atoms with E-state index < -0.39 is 0 Å². The Bertz CT molecular complexity index is 787. The van der Waals surface area contributed by atoms with Crippen LogP contribution in [-0.4, -0.2) is 53.6 Å². The van der Waals surface area contributed by atoms with Gasteiger partial charge >= 0.3 is 0 Å². The van der Waals surface area contributed by atoms with Gasteiger partial charge in [0, 0.05) is 44.7 Å². The van der Waals surface area contributed by atoms with Crippen LogP contribution in [-0.2, 0) is 24.2 Å². The fourth-order valence-electron chi connectivity index (χ4n) is 3.77. The zero-order valence-corrected chi connectivity index (χ0v) is 15.5. The van der Waals surface area contributed by atoms with Crippen molar-refractivity contribution < 1.29 is 14.1 Å². The van der Waals surface area contributed by atoms with Crippen LogP contribution in [0, 0.1) is 13.8 Å². The smallest absolute Gasteiger partial charge is 0.227 e. The predicted molar refractivity (Wildman–Crippen MR) is 97.2 cm³/mol. The Hall–Kier alpha value is -2.34. The van der Waals surface area contributed by atoms with Crippen LogP contribution in [0.3, 0.4) is 0 Å². The molecule has 1 saturated heterocycles. The predicted octanol–water partition coefficient (Wildman–Crippen LogP) is 2.11. The van der Waals surface area contributed by atoms with Crippen LogP contribution in [0.1, 0.15) is 28.1 Å². The molecule has 1 amide bonds. The molecule has 26 heavy (non-hydrogen) atoms. The number of fused-ring (bicyclic) bond motifs is 1. The third-order valence-electron chi connectivity index (χ3n) is 5.39. The van der Waals surface area contributed by atoms with Crippen molar-refractivity contribution in [2.75, 3.05) is 32.8 Å². The first-order valence-corrected chi connectivity index (χ1v) is 9.26.